The van der Waals surface area contributed by atoms with Gasteiger partial charge in [0.25, 0.3) is 5.91 Å². The molecule has 4 aromatic rings. The average molecular weight is 471 g/mol. The second kappa shape index (κ2) is 8.87. The third-order valence-electron chi connectivity index (χ3n) is 6.36. The van der Waals surface area contributed by atoms with E-state index in [1.54, 1.807) is 35.1 Å². The first kappa shape index (κ1) is 21.3. The number of benzene rings is 2. The van der Waals surface area contributed by atoms with Crippen LogP contribution in [0.1, 0.15) is 34.1 Å². The largest absolute Gasteiger partial charge is 0.491 e. The van der Waals surface area contributed by atoms with Crippen molar-refractivity contribution in [1.29, 1.82) is 0 Å². The number of hydrogen-bond acceptors (Lipinski definition) is 5. The van der Waals surface area contributed by atoms with Gasteiger partial charge in [-0.25, -0.2) is 9.07 Å². The van der Waals surface area contributed by atoms with Crippen molar-refractivity contribution >= 4 is 5.91 Å². The Hall–Kier alpha value is -4.20. The van der Waals surface area contributed by atoms with Crippen LogP contribution < -0.4 is 14.8 Å². The minimum absolute atomic E-state index is 0.195. The fraction of sp³-hybridized carbons (Fsp3) is 0.222. The number of carbonyl (C=O) groups is 1. The van der Waals surface area contributed by atoms with Gasteiger partial charge in [-0.2, -0.15) is 5.10 Å². The van der Waals surface area contributed by atoms with Crippen LogP contribution in [0.5, 0.6) is 11.6 Å². The van der Waals surface area contributed by atoms with E-state index in [-0.39, 0.29) is 23.5 Å². The molecule has 7 nitrogen and oxygen atoms in total. The molecule has 0 saturated heterocycles. The Bertz CT molecular complexity index is 1390. The van der Waals surface area contributed by atoms with Gasteiger partial charge in [-0.3, -0.25) is 9.78 Å². The van der Waals surface area contributed by atoms with Gasteiger partial charge in [0.15, 0.2) is 5.69 Å². The number of hydrogen-bond donors (Lipinski definition) is 1. The van der Waals surface area contributed by atoms with Crippen LogP contribution in [0.3, 0.4) is 0 Å². The number of aromatic nitrogens is 3. The summed E-state index contributed by atoms with van der Waals surface area (Å²) >= 11 is 0. The summed E-state index contributed by atoms with van der Waals surface area (Å²) in [4.78, 5) is 17.4. The minimum Gasteiger partial charge on any atom is -0.491 e. The first-order valence-corrected chi connectivity index (χ1v) is 11.6. The van der Waals surface area contributed by atoms with Crippen LogP contribution in [0.2, 0.25) is 0 Å². The molecule has 176 valence electrons. The monoisotopic (exact) mass is 470 g/mol. The lowest BCUT2D eigenvalue weighted by Crippen LogP contribution is -2.42. The van der Waals surface area contributed by atoms with E-state index in [1.165, 1.54) is 6.07 Å². The van der Waals surface area contributed by atoms with Crippen LogP contribution >= 0.6 is 0 Å². The van der Waals surface area contributed by atoms with Crippen LogP contribution in [0, 0.1) is 5.82 Å². The van der Waals surface area contributed by atoms with Crippen LogP contribution in [0.15, 0.2) is 72.9 Å². The molecule has 4 heterocycles. The van der Waals surface area contributed by atoms with E-state index in [9.17, 15) is 9.18 Å². The highest BCUT2D eigenvalue weighted by Crippen LogP contribution is 2.33. The van der Waals surface area contributed by atoms with Crippen molar-refractivity contribution in [3.63, 3.8) is 0 Å². The van der Waals surface area contributed by atoms with Gasteiger partial charge in [0.05, 0.1) is 11.7 Å². The maximum absolute atomic E-state index is 14.2. The Morgan fingerprint density at radius 3 is 2.83 bits per heavy atom. The number of ether oxygens (including phenoxy) is 2. The molecule has 1 N–H and O–H groups in total. The summed E-state index contributed by atoms with van der Waals surface area (Å²) in [6.07, 6.45) is 2.57. The van der Waals surface area contributed by atoms with Crippen molar-refractivity contribution in [1.82, 2.24) is 20.1 Å². The molecule has 2 atom stereocenters. The Labute approximate surface area is 201 Å². The van der Waals surface area contributed by atoms with Crippen LogP contribution in [-0.2, 0) is 13.0 Å². The molecule has 2 aliphatic heterocycles. The first-order chi connectivity index (χ1) is 17.1. The molecule has 6 rings (SSSR count). The number of aryl methyl sites for hydroxylation is 1. The molecule has 0 saturated carbocycles. The summed E-state index contributed by atoms with van der Waals surface area (Å²) in [5, 5.41) is 7.43. The molecule has 0 fully saturated rings. The lowest BCUT2D eigenvalue weighted by molar-refractivity contribution is 0.0909. The van der Waals surface area contributed by atoms with Crippen molar-refractivity contribution in [2.24, 2.45) is 0 Å². The SMILES string of the molecule is O=C(N[C@H]1COc2ccc(-c3ccccn3)cc2C1)c1cc2n(n1)CCC(c1ccccc1F)O2. The standard InChI is InChI=1S/C27H23FN4O3/c28-21-6-2-1-5-20(21)25-10-12-32-26(35-25)15-23(31-32)27(33)30-19-14-18-13-17(8-9-24(18)34-16-19)22-7-3-4-11-29-22/h1-9,11,13,15,19,25H,10,12,14,16H2,(H,30,33)/t19-,25?/m1/s1. The average Bonchev–Trinajstić information content (AvgIpc) is 3.33. The number of nitrogens with one attached hydrogen (secondary N) is 1. The maximum Gasteiger partial charge on any atom is 0.272 e. The van der Waals surface area contributed by atoms with E-state index in [1.807, 2.05) is 30.3 Å². The van der Waals surface area contributed by atoms with E-state index >= 15 is 0 Å². The third-order valence-corrected chi connectivity index (χ3v) is 6.36. The zero-order valence-corrected chi connectivity index (χ0v) is 18.9. The second-order valence-corrected chi connectivity index (χ2v) is 8.73. The van der Waals surface area contributed by atoms with E-state index in [2.05, 4.69) is 21.5 Å². The normalized spacial score (nSPS) is 18.5. The van der Waals surface area contributed by atoms with Gasteiger partial charge in [-0.1, -0.05) is 24.3 Å². The zero-order chi connectivity index (χ0) is 23.8. The summed E-state index contributed by atoms with van der Waals surface area (Å²) in [6, 6.07) is 19.8. The topological polar surface area (TPSA) is 78.3 Å². The molecule has 0 spiro atoms. The molecule has 0 aliphatic carbocycles. The number of amides is 1. The smallest absolute Gasteiger partial charge is 0.272 e. The summed E-state index contributed by atoms with van der Waals surface area (Å²) in [5.74, 6) is 0.684. The minimum atomic E-state index is -0.409. The highest BCUT2D eigenvalue weighted by molar-refractivity contribution is 5.92. The lowest BCUT2D eigenvalue weighted by atomic mass is 9.99. The maximum atomic E-state index is 14.2. The van der Waals surface area contributed by atoms with Crippen molar-refractivity contribution < 1.29 is 18.7 Å². The van der Waals surface area contributed by atoms with Gasteiger partial charge in [0.1, 0.15) is 24.3 Å². The highest BCUT2D eigenvalue weighted by Gasteiger charge is 2.28. The molecule has 0 radical (unpaired) electrons. The Kier molecular flexibility index (Phi) is 5.41. The van der Waals surface area contributed by atoms with Gasteiger partial charge < -0.3 is 14.8 Å². The third kappa shape index (κ3) is 4.23. The predicted octanol–water partition coefficient (Wildman–Crippen LogP) is 4.34. The highest BCUT2D eigenvalue weighted by atomic mass is 19.1. The van der Waals surface area contributed by atoms with Gasteiger partial charge in [-0.05, 0) is 48.4 Å². The van der Waals surface area contributed by atoms with Crippen LogP contribution in [-0.4, -0.2) is 33.3 Å². The summed E-state index contributed by atoms with van der Waals surface area (Å²) < 4.78 is 27.7. The fourth-order valence-electron chi connectivity index (χ4n) is 4.60. The molecule has 35 heavy (non-hydrogen) atoms. The molecular formula is C27H23FN4O3. The summed E-state index contributed by atoms with van der Waals surface area (Å²) in [6.45, 7) is 0.916. The molecule has 8 heteroatoms. The lowest BCUT2D eigenvalue weighted by Gasteiger charge is -2.26. The summed E-state index contributed by atoms with van der Waals surface area (Å²) in [5.41, 5.74) is 3.68. The van der Waals surface area contributed by atoms with Gasteiger partial charge >= 0.3 is 0 Å². The van der Waals surface area contributed by atoms with E-state index < -0.39 is 6.10 Å². The van der Waals surface area contributed by atoms with Crippen molar-refractivity contribution in [2.75, 3.05) is 6.61 Å². The number of rotatable bonds is 4. The summed E-state index contributed by atoms with van der Waals surface area (Å²) in [7, 11) is 0. The second-order valence-electron chi connectivity index (χ2n) is 8.73. The quantitative estimate of drug-likeness (QED) is 0.480. The zero-order valence-electron chi connectivity index (χ0n) is 18.9. The molecule has 2 aromatic heterocycles. The molecule has 1 amide bonds. The number of carbonyl (C=O) groups excluding carboxylic acids is 1. The Balaban J connectivity index is 1.14. The van der Waals surface area contributed by atoms with Crippen molar-refractivity contribution in [2.45, 2.75) is 31.5 Å². The fourth-order valence-corrected chi connectivity index (χ4v) is 4.60. The molecule has 1 unspecified atom stereocenters. The number of fused-ring (bicyclic) bond motifs is 2. The molecule has 2 aliphatic rings. The molecule has 0 bridgehead atoms. The Morgan fingerprint density at radius 1 is 1.09 bits per heavy atom. The number of pyridine rings is 1. The van der Waals surface area contributed by atoms with Gasteiger partial charge in [0.2, 0.25) is 5.88 Å². The van der Waals surface area contributed by atoms with Gasteiger partial charge in [-0.15, -0.1) is 0 Å². The number of halogens is 1. The Morgan fingerprint density at radius 2 is 1.97 bits per heavy atom. The molecule has 2 aromatic carbocycles. The van der Waals surface area contributed by atoms with E-state index in [0.29, 0.717) is 37.4 Å². The van der Waals surface area contributed by atoms with Crippen molar-refractivity contribution in [3.05, 3.63) is 95.6 Å². The van der Waals surface area contributed by atoms with Crippen LogP contribution in [0.4, 0.5) is 4.39 Å². The van der Waals surface area contributed by atoms with Crippen LogP contribution in [0.25, 0.3) is 11.3 Å². The number of nitrogens with zero attached hydrogens (tertiary/aromatic N) is 3. The predicted molar refractivity (Wildman–Crippen MR) is 127 cm³/mol. The van der Waals surface area contributed by atoms with Gasteiger partial charge in [0, 0.05) is 36.4 Å². The first-order valence-electron chi connectivity index (χ1n) is 11.6. The molecular weight excluding hydrogens is 447 g/mol. The van der Waals surface area contributed by atoms with E-state index in [4.69, 9.17) is 9.47 Å². The van der Waals surface area contributed by atoms with E-state index in [0.717, 1.165) is 22.6 Å². The van der Waals surface area contributed by atoms with Crippen molar-refractivity contribution in [3.8, 4) is 22.9 Å².